The van der Waals surface area contributed by atoms with Crippen LogP contribution in [0, 0.1) is 0 Å². The van der Waals surface area contributed by atoms with Gasteiger partial charge >= 0.3 is 6.03 Å². The Morgan fingerprint density at radius 1 is 1.40 bits per heavy atom. The standard InChI is InChI=1S/C16H20N2O2/c1-2-20-15-9-4-3-8-14(15)17-16(19)18-12-6-5-7-13(18)11-10-12/h3-6,8-9,12-13H,2,7,10-11H2,1H3,(H,17,19). The zero-order valence-corrected chi connectivity index (χ0v) is 11.7. The van der Waals surface area contributed by atoms with Gasteiger partial charge in [-0.1, -0.05) is 24.3 Å². The van der Waals surface area contributed by atoms with E-state index in [1.807, 2.05) is 36.1 Å². The Balaban J connectivity index is 1.75. The predicted molar refractivity (Wildman–Crippen MR) is 79.0 cm³/mol. The van der Waals surface area contributed by atoms with Crippen LogP contribution in [0.2, 0.25) is 0 Å². The lowest BCUT2D eigenvalue weighted by Crippen LogP contribution is -2.44. The lowest BCUT2D eigenvalue weighted by molar-refractivity contribution is 0.192. The van der Waals surface area contributed by atoms with E-state index in [4.69, 9.17) is 4.74 Å². The Labute approximate surface area is 119 Å². The van der Waals surface area contributed by atoms with Crippen molar-refractivity contribution in [3.8, 4) is 5.75 Å². The third kappa shape index (κ3) is 2.38. The maximum absolute atomic E-state index is 12.5. The summed E-state index contributed by atoms with van der Waals surface area (Å²) >= 11 is 0. The molecule has 0 aliphatic carbocycles. The second-order valence-corrected chi connectivity index (χ2v) is 5.23. The van der Waals surface area contributed by atoms with Crippen molar-refractivity contribution in [2.75, 3.05) is 11.9 Å². The van der Waals surface area contributed by atoms with Crippen molar-refractivity contribution < 1.29 is 9.53 Å². The average Bonchev–Trinajstić information content (AvgIpc) is 2.71. The van der Waals surface area contributed by atoms with Gasteiger partial charge in [-0.2, -0.15) is 0 Å². The molecule has 4 nitrogen and oxygen atoms in total. The number of amides is 2. The normalized spacial score (nSPS) is 23.8. The number of rotatable bonds is 3. The molecule has 2 atom stereocenters. The summed E-state index contributed by atoms with van der Waals surface area (Å²) in [5.74, 6) is 0.725. The quantitative estimate of drug-likeness (QED) is 0.857. The molecule has 2 bridgehead atoms. The highest BCUT2D eigenvalue weighted by Crippen LogP contribution is 2.33. The molecular weight excluding hydrogens is 252 g/mol. The van der Waals surface area contributed by atoms with E-state index in [1.165, 1.54) is 0 Å². The zero-order chi connectivity index (χ0) is 13.9. The maximum atomic E-state index is 12.5. The Bertz CT molecular complexity index is 527. The van der Waals surface area contributed by atoms with Crippen molar-refractivity contribution in [1.82, 2.24) is 4.90 Å². The number of ether oxygens (including phenoxy) is 1. The van der Waals surface area contributed by atoms with Crippen LogP contribution in [0.5, 0.6) is 5.75 Å². The van der Waals surface area contributed by atoms with Crippen LogP contribution in [0.1, 0.15) is 26.2 Å². The van der Waals surface area contributed by atoms with Crippen LogP contribution in [0.15, 0.2) is 36.4 Å². The summed E-state index contributed by atoms with van der Waals surface area (Å²) in [6.45, 7) is 2.53. The lowest BCUT2D eigenvalue weighted by Gasteiger charge is -2.31. The SMILES string of the molecule is CCOc1ccccc1NC(=O)N1C2C=CCC1CC2. The second kappa shape index (κ2) is 5.57. The first-order valence-corrected chi connectivity index (χ1v) is 7.27. The van der Waals surface area contributed by atoms with Gasteiger partial charge < -0.3 is 15.0 Å². The van der Waals surface area contributed by atoms with Gasteiger partial charge in [-0.3, -0.25) is 0 Å². The van der Waals surface area contributed by atoms with Gasteiger partial charge in [-0.05, 0) is 38.3 Å². The summed E-state index contributed by atoms with van der Waals surface area (Å²) in [6.07, 6.45) is 7.48. The highest BCUT2D eigenvalue weighted by molar-refractivity contribution is 5.91. The fraction of sp³-hybridized carbons (Fsp3) is 0.438. The van der Waals surface area contributed by atoms with Crippen molar-refractivity contribution in [2.24, 2.45) is 0 Å². The van der Waals surface area contributed by atoms with Crippen molar-refractivity contribution in [1.29, 1.82) is 0 Å². The smallest absolute Gasteiger partial charge is 0.322 e. The Kier molecular flexibility index (Phi) is 3.63. The summed E-state index contributed by atoms with van der Waals surface area (Å²) in [4.78, 5) is 14.5. The molecule has 0 spiro atoms. The van der Waals surface area contributed by atoms with E-state index in [9.17, 15) is 4.79 Å². The summed E-state index contributed by atoms with van der Waals surface area (Å²) < 4.78 is 5.55. The fourth-order valence-electron chi connectivity index (χ4n) is 3.07. The van der Waals surface area contributed by atoms with Crippen molar-refractivity contribution in [3.05, 3.63) is 36.4 Å². The van der Waals surface area contributed by atoms with E-state index < -0.39 is 0 Å². The molecule has 2 aliphatic heterocycles. The van der Waals surface area contributed by atoms with Crippen molar-refractivity contribution in [2.45, 2.75) is 38.3 Å². The number of benzene rings is 1. The lowest BCUT2D eigenvalue weighted by atomic mass is 10.1. The zero-order valence-electron chi connectivity index (χ0n) is 11.7. The molecule has 1 saturated heterocycles. The minimum atomic E-state index is -0.0194. The number of carbonyl (C=O) groups is 1. The van der Waals surface area contributed by atoms with E-state index in [-0.39, 0.29) is 12.1 Å². The largest absolute Gasteiger partial charge is 0.492 e. The predicted octanol–water partition coefficient (Wildman–Crippen LogP) is 3.41. The van der Waals surface area contributed by atoms with E-state index in [0.29, 0.717) is 12.6 Å². The second-order valence-electron chi connectivity index (χ2n) is 5.23. The monoisotopic (exact) mass is 272 g/mol. The minimum absolute atomic E-state index is 0.0194. The third-order valence-electron chi connectivity index (χ3n) is 3.98. The maximum Gasteiger partial charge on any atom is 0.322 e. The van der Waals surface area contributed by atoms with Crippen molar-refractivity contribution >= 4 is 11.7 Å². The van der Waals surface area contributed by atoms with E-state index in [0.717, 1.165) is 30.7 Å². The highest BCUT2D eigenvalue weighted by atomic mass is 16.5. The Morgan fingerprint density at radius 2 is 2.25 bits per heavy atom. The molecule has 2 heterocycles. The van der Waals surface area contributed by atoms with Crippen LogP contribution in [0.4, 0.5) is 10.5 Å². The Morgan fingerprint density at radius 3 is 3.05 bits per heavy atom. The van der Waals surface area contributed by atoms with Crippen LogP contribution in [-0.2, 0) is 0 Å². The molecule has 1 aromatic carbocycles. The van der Waals surface area contributed by atoms with Gasteiger partial charge in [-0.25, -0.2) is 4.79 Å². The number of para-hydroxylation sites is 2. The molecule has 1 fully saturated rings. The molecule has 0 saturated carbocycles. The van der Waals surface area contributed by atoms with Crippen LogP contribution in [-0.4, -0.2) is 29.6 Å². The molecule has 2 unspecified atom stereocenters. The molecular formula is C16H20N2O2. The number of carbonyl (C=O) groups excluding carboxylic acids is 1. The topological polar surface area (TPSA) is 41.6 Å². The van der Waals surface area contributed by atoms with Crippen LogP contribution in [0.25, 0.3) is 0 Å². The summed E-state index contributed by atoms with van der Waals surface area (Å²) in [6, 6.07) is 8.16. The molecule has 4 heteroatoms. The molecule has 0 aromatic heterocycles. The average molecular weight is 272 g/mol. The third-order valence-corrected chi connectivity index (χ3v) is 3.98. The van der Waals surface area contributed by atoms with Gasteiger partial charge in [0.15, 0.2) is 0 Å². The number of urea groups is 1. The van der Waals surface area contributed by atoms with Gasteiger partial charge in [0.05, 0.1) is 18.3 Å². The first kappa shape index (κ1) is 13.0. The number of hydrogen-bond donors (Lipinski definition) is 1. The van der Waals surface area contributed by atoms with Gasteiger partial charge in [0.2, 0.25) is 0 Å². The molecule has 3 rings (SSSR count). The van der Waals surface area contributed by atoms with Gasteiger partial charge in [0, 0.05) is 6.04 Å². The summed E-state index contributed by atoms with van der Waals surface area (Å²) in [5, 5.41) is 2.99. The molecule has 20 heavy (non-hydrogen) atoms. The van der Waals surface area contributed by atoms with E-state index in [1.54, 1.807) is 0 Å². The van der Waals surface area contributed by atoms with Crippen LogP contribution >= 0.6 is 0 Å². The van der Waals surface area contributed by atoms with E-state index in [2.05, 4.69) is 17.5 Å². The number of nitrogens with zero attached hydrogens (tertiary/aromatic N) is 1. The van der Waals surface area contributed by atoms with E-state index >= 15 is 0 Å². The minimum Gasteiger partial charge on any atom is -0.492 e. The van der Waals surface area contributed by atoms with Gasteiger partial charge in [-0.15, -0.1) is 0 Å². The molecule has 1 aromatic rings. The molecule has 1 N–H and O–H groups in total. The van der Waals surface area contributed by atoms with Crippen LogP contribution < -0.4 is 10.1 Å². The molecule has 2 aliphatic rings. The number of fused-ring (bicyclic) bond motifs is 2. The summed E-state index contributed by atoms with van der Waals surface area (Å²) in [5.41, 5.74) is 0.744. The van der Waals surface area contributed by atoms with Crippen LogP contribution in [0.3, 0.4) is 0 Å². The first-order chi connectivity index (χ1) is 9.79. The molecule has 2 amide bonds. The molecule has 106 valence electrons. The Hall–Kier alpha value is -1.97. The van der Waals surface area contributed by atoms with Crippen molar-refractivity contribution in [3.63, 3.8) is 0 Å². The number of hydrogen-bond acceptors (Lipinski definition) is 2. The highest BCUT2D eigenvalue weighted by Gasteiger charge is 2.37. The number of nitrogens with one attached hydrogen (secondary N) is 1. The van der Waals surface area contributed by atoms with Gasteiger partial charge in [0.25, 0.3) is 0 Å². The first-order valence-electron chi connectivity index (χ1n) is 7.27. The van der Waals surface area contributed by atoms with Gasteiger partial charge in [0.1, 0.15) is 5.75 Å². The molecule has 0 radical (unpaired) electrons. The fourth-order valence-corrected chi connectivity index (χ4v) is 3.07. The number of anilines is 1. The summed E-state index contributed by atoms with van der Waals surface area (Å²) in [7, 11) is 0.